The summed E-state index contributed by atoms with van der Waals surface area (Å²) in [5.41, 5.74) is 0. The zero-order valence-electron chi connectivity index (χ0n) is 15.8. The van der Waals surface area contributed by atoms with Gasteiger partial charge in [0.25, 0.3) is 0 Å². The zero-order valence-corrected chi connectivity index (χ0v) is 15.8. The van der Waals surface area contributed by atoms with Crippen LogP contribution in [0.25, 0.3) is 0 Å². The number of carbonyl (C=O) groups excluding carboxylic acids is 1. The molecule has 0 N–H and O–H groups in total. The molecular formula is C18H31N5O2. The number of aryl methyl sites for hydroxylation is 1. The fourth-order valence-electron chi connectivity index (χ4n) is 4.35. The number of amides is 1. The molecule has 0 radical (unpaired) electrons. The Bertz CT molecular complexity index is 568. The predicted molar refractivity (Wildman–Crippen MR) is 96.5 cm³/mol. The average Bonchev–Trinajstić information content (AvgIpc) is 2.89. The van der Waals surface area contributed by atoms with Crippen LogP contribution in [0.4, 0.5) is 6.01 Å². The van der Waals surface area contributed by atoms with Gasteiger partial charge in [0.2, 0.25) is 5.91 Å². The fourth-order valence-corrected chi connectivity index (χ4v) is 4.35. The third kappa shape index (κ3) is 4.32. The number of carbonyl (C=O) groups is 1. The summed E-state index contributed by atoms with van der Waals surface area (Å²) in [6, 6.07) is 1.71. The summed E-state index contributed by atoms with van der Waals surface area (Å²) in [5.74, 6) is 0.907. The molecule has 25 heavy (non-hydrogen) atoms. The molecule has 0 aliphatic carbocycles. The lowest BCUT2D eigenvalue weighted by Gasteiger charge is -2.41. The van der Waals surface area contributed by atoms with Crippen LogP contribution in [0.15, 0.2) is 4.52 Å². The summed E-state index contributed by atoms with van der Waals surface area (Å²) < 4.78 is 5.33. The predicted octanol–water partition coefficient (Wildman–Crippen LogP) is 2.07. The number of hydrogen-bond donors (Lipinski definition) is 0. The van der Waals surface area contributed by atoms with Gasteiger partial charge < -0.3 is 19.2 Å². The van der Waals surface area contributed by atoms with Crippen molar-refractivity contribution in [2.75, 3.05) is 37.6 Å². The van der Waals surface area contributed by atoms with Gasteiger partial charge in [-0.2, -0.15) is 4.98 Å². The van der Waals surface area contributed by atoms with Gasteiger partial charge in [0.05, 0.1) is 0 Å². The molecule has 0 spiro atoms. The Kier molecular flexibility index (Phi) is 5.93. The Balaban J connectivity index is 1.51. The molecule has 2 fully saturated rings. The van der Waals surface area contributed by atoms with Crippen LogP contribution in [-0.4, -0.2) is 70.7 Å². The fraction of sp³-hybridized carbons (Fsp3) is 0.833. The number of likely N-dealkylation sites (tertiary alicyclic amines) is 1. The van der Waals surface area contributed by atoms with Gasteiger partial charge in [0, 0.05) is 51.7 Å². The molecule has 1 amide bonds. The van der Waals surface area contributed by atoms with E-state index in [1.54, 1.807) is 6.92 Å². The first-order valence-electron chi connectivity index (χ1n) is 9.65. The highest BCUT2D eigenvalue weighted by molar-refractivity contribution is 5.73. The molecule has 7 nitrogen and oxygen atoms in total. The van der Waals surface area contributed by atoms with Crippen molar-refractivity contribution < 1.29 is 9.32 Å². The van der Waals surface area contributed by atoms with Crippen molar-refractivity contribution in [2.45, 2.75) is 65.0 Å². The van der Waals surface area contributed by atoms with Gasteiger partial charge in [-0.05, 0) is 46.0 Å². The Hall–Kier alpha value is -1.63. The Morgan fingerprint density at radius 1 is 1.20 bits per heavy atom. The smallest absolute Gasteiger partial charge is 0.324 e. The van der Waals surface area contributed by atoms with E-state index >= 15 is 0 Å². The van der Waals surface area contributed by atoms with E-state index in [0.717, 1.165) is 58.4 Å². The van der Waals surface area contributed by atoms with E-state index < -0.39 is 0 Å². The molecule has 2 saturated heterocycles. The van der Waals surface area contributed by atoms with Crippen LogP contribution in [0.1, 0.15) is 51.8 Å². The monoisotopic (exact) mass is 349 g/mol. The summed E-state index contributed by atoms with van der Waals surface area (Å²) in [6.45, 7) is 10.6. The van der Waals surface area contributed by atoms with Crippen molar-refractivity contribution in [2.24, 2.45) is 0 Å². The highest BCUT2D eigenvalue weighted by Crippen LogP contribution is 2.25. The first kappa shape index (κ1) is 18.2. The minimum Gasteiger partial charge on any atom is -0.340 e. The van der Waals surface area contributed by atoms with Crippen molar-refractivity contribution in [1.29, 1.82) is 0 Å². The maximum Gasteiger partial charge on any atom is 0.324 e. The summed E-state index contributed by atoms with van der Waals surface area (Å²) in [4.78, 5) is 23.0. The second kappa shape index (κ2) is 8.17. The van der Waals surface area contributed by atoms with E-state index in [2.05, 4.69) is 26.9 Å². The van der Waals surface area contributed by atoms with Gasteiger partial charge >= 0.3 is 6.01 Å². The second-order valence-electron chi connectivity index (χ2n) is 7.27. The van der Waals surface area contributed by atoms with Crippen LogP contribution in [0.2, 0.25) is 0 Å². The quantitative estimate of drug-likeness (QED) is 0.829. The van der Waals surface area contributed by atoms with Crippen LogP contribution in [0, 0.1) is 6.92 Å². The maximum absolute atomic E-state index is 11.8. The number of nitrogens with zero attached hydrogens (tertiary/aromatic N) is 5. The molecule has 140 valence electrons. The van der Waals surface area contributed by atoms with E-state index in [4.69, 9.17) is 4.52 Å². The number of hydrogen-bond acceptors (Lipinski definition) is 6. The van der Waals surface area contributed by atoms with Gasteiger partial charge in [-0.15, -0.1) is 0 Å². The lowest BCUT2D eigenvalue weighted by Crippen LogP contribution is -2.49. The largest absolute Gasteiger partial charge is 0.340 e. The molecule has 1 atom stereocenters. The maximum atomic E-state index is 11.8. The van der Waals surface area contributed by atoms with Crippen LogP contribution >= 0.6 is 0 Å². The number of aromatic nitrogens is 2. The Morgan fingerprint density at radius 3 is 2.56 bits per heavy atom. The van der Waals surface area contributed by atoms with E-state index in [-0.39, 0.29) is 5.91 Å². The summed E-state index contributed by atoms with van der Waals surface area (Å²) >= 11 is 0. The van der Waals surface area contributed by atoms with E-state index in [0.29, 0.717) is 23.9 Å². The van der Waals surface area contributed by atoms with Gasteiger partial charge in [0.15, 0.2) is 5.82 Å². The minimum absolute atomic E-state index is 0.209. The van der Waals surface area contributed by atoms with Crippen LogP contribution < -0.4 is 4.90 Å². The van der Waals surface area contributed by atoms with Crippen molar-refractivity contribution in [3.63, 3.8) is 0 Å². The molecule has 0 aromatic carbocycles. The topological polar surface area (TPSA) is 65.7 Å². The van der Waals surface area contributed by atoms with E-state index in [9.17, 15) is 4.79 Å². The first-order chi connectivity index (χ1) is 12.1. The third-order valence-corrected chi connectivity index (χ3v) is 5.69. The molecule has 3 rings (SSSR count). The summed E-state index contributed by atoms with van der Waals surface area (Å²) in [5, 5.41) is 3.91. The summed E-state index contributed by atoms with van der Waals surface area (Å²) in [7, 11) is 0. The molecule has 1 unspecified atom stereocenters. The van der Waals surface area contributed by atoms with Crippen molar-refractivity contribution in [1.82, 2.24) is 19.9 Å². The van der Waals surface area contributed by atoms with Crippen molar-refractivity contribution >= 4 is 11.9 Å². The van der Waals surface area contributed by atoms with E-state index in [1.807, 2.05) is 11.8 Å². The molecule has 0 bridgehead atoms. The molecule has 0 saturated carbocycles. The molecule has 3 heterocycles. The van der Waals surface area contributed by atoms with Crippen LogP contribution in [0.5, 0.6) is 0 Å². The highest BCUT2D eigenvalue weighted by Gasteiger charge is 2.30. The zero-order chi connectivity index (χ0) is 17.8. The Morgan fingerprint density at radius 2 is 1.96 bits per heavy atom. The molecule has 2 aliphatic rings. The molecule has 2 aliphatic heterocycles. The average molecular weight is 349 g/mol. The standard InChI is InChI=1S/C18H31N5O2/c1-4-23(15(3)24)17-8-11-21(12-9-17)16-6-5-10-22(13-7-16)18-19-14(2)20-25-18/h16-17H,4-13H2,1-3H3. The van der Waals surface area contributed by atoms with Gasteiger partial charge in [-0.25, -0.2) is 0 Å². The number of rotatable bonds is 4. The second-order valence-corrected chi connectivity index (χ2v) is 7.27. The van der Waals surface area contributed by atoms with Gasteiger partial charge in [-0.1, -0.05) is 5.16 Å². The van der Waals surface area contributed by atoms with Gasteiger partial charge in [-0.3, -0.25) is 4.79 Å². The molecule has 1 aromatic rings. The van der Waals surface area contributed by atoms with Crippen molar-refractivity contribution in [3.05, 3.63) is 5.82 Å². The normalized spacial score (nSPS) is 23.5. The third-order valence-electron chi connectivity index (χ3n) is 5.69. The number of anilines is 1. The Labute approximate surface area is 150 Å². The summed E-state index contributed by atoms with van der Waals surface area (Å²) in [6.07, 6.45) is 5.70. The van der Waals surface area contributed by atoms with Crippen LogP contribution in [0.3, 0.4) is 0 Å². The lowest BCUT2D eigenvalue weighted by molar-refractivity contribution is -0.132. The van der Waals surface area contributed by atoms with E-state index in [1.165, 1.54) is 6.42 Å². The lowest BCUT2D eigenvalue weighted by atomic mass is 9.98. The SMILES string of the molecule is CCN(C(C)=O)C1CCN(C2CCCN(c3nc(C)no3)CC2)CC1. The first-order valence-corrected chi connectivity index (χ1v) is 9.65. The van der Waals surface area contributed by atoms with Crippen molar-refractivity contribution in [3.8, 4) is 0 Å². The molecule has 1 aromatic heterocycles. The van der Waals surface area contributed by atoms with Crippen LogP contribution in [-0.2, 0) is 4.79 Å². The minimum atomic E-state index is 0.209. The molecular weight excluding hydrogens is 318 g/mol. The van der Waals surface area contributed by atoms with Gasteiger partial charge in [0.1, 0.15) is 0 Å². The molecule has 7 heteroatoms. The number of piperidine rings is 1. The highest BCUT2D eigenvalue weighted by atomic mass is 16.5.